The second-order valence-electron chi connectivity index (χ2n) is 3.39. The van der Waals surface area contributed by atoms with Gasteiger partial charge < -0.3 is 5.73 Å². The van der Waals surface area contributed by atoms with Gasteiger partial charge in [-0.05, 0) is 6.42 Å². The molecule has 1 aromatic heterocycles. The molecule has 1 heterocycles. The van der Waals surface area contributed by atoms with Crippen molar-refractivity contribution < 1.29 is 8.78 Å². The van der Waals surface area contributed by atoms with E-state index in [1.807, 2.05) is 0 Å². The van der Waals surface area contributed by atoms with Gasteiger partial charge in [0.2, 0.25) is 0 Å². The van der Waals surface area contributed by atoms with Crippen molar-refractivity contribution in [2.75, 3.05) is 5.73 Å². The maximum absolute atomic E-state index is 13.1. The van der Waals surface area contributed by atoms with E-state index in [1.54, 1.807) is 6.92 Å². The van der Waals surface area contributed by atoms with Gasteiger partial charge in [0.15, 0.2) is 11.6 Å². The Balaban J connectivity index is 2.42. The van der Waals surface area contributed by atoms with Gasteiger partial charge in [-0.3, -0.25) is 5.10 Å². The molecule has 0 spiro atoms. The van der Waals surface area contributed by atoms with Gasteiger partial charge in [0.05, 0.1) is 5.69 Å². The van der Waals surface area contributed by atoms with Gasteiger partial charge in [-0.25, -0.2) is 8.78 Å². The molecule has 1 aliphatic rings. The Kier molecular flexibility index (Phi) is 1.23. The number of nitrogens with zero attached hydrogens (tertiary/aromatic N) is 1. The maximum Gasteiger partial charge on any atom is 0.188 e. The van der Waals surface area contributed by atoms with Crippen LogP contribution in [0.15, 0.2) is 0 Å². The summed E-state index contributed by atoms with van der Waals surface area (Å²) in [5.74, 6) is -0.803. The molecule has 2 unspecified atom stereocenters. The molecule has 0 aromatic carbocycles. The van der Waals surface area contributed by atoms with Crippen molar-refractivity contribution in [2.45, 2.75) is 24.9 Å². The lowest BCUT2D eigenvalue weighted by Crippen LogP contribution is -2.07. The van der Waals surface area contributed by atoms with Crippen LogP contribution >= 0.6 is 0 Å². The quantitative estimate of drug-likeness (QED) is 0.668. The van der Waals surface area contributed by atoms with Crippen LogP contribution in [0, 0.1) is 5.82 Å². The number of hydrogen-bond acceptors (Lipinski definition) is 2. The first kappa shape index (κ1) is 7.52. The smallest absolute Gasteiger partial charge is 0.188 e. The zero-order valence-corrected chi connectivity index (χ0v) is 6.56. The first-order chi connectivity index (χ1) is 5.55. The Labute approximate surface area is 68.0 Å². The summed E-state index contributed by atoms with van der Waals surface area (Å²) in [5, 5.41) is 5.88. The number of nitrogens with one attached hydrogen (secondary N) is 1. The summed E-state index contributed by atoms with van der Waals surface area (Å²) in [6.07, 6.45) is -0.641. The molecule has 0 aliphatic heterocycles. The molecule has 1 aromatic rings. The fourth-order valence-corrected chi connectivity index (χ4v) is 1.29. The van der Waals surface area contributed by atoms with Crippen molar-refractivity contribution in [3.63, 3.8) is 0 Å². The first-order valence-corrected chi connectivity index (χ1v) is 3.69. The Morgan fingerprint density at radius 2 is 2.33 bits per heavy atom. The minimum absolute atomic E-state index is 0.188. The highest BCUT2D eigenvalue weighted by Crippen LogP contribution is 2.50. The standard InChI is InChI=1S/C7H9F2N3/c1-7(2-3(7)8)5-4(9)6(10)12-11-5/h3H,2H2,1H3,(H3,10,11,12). The van der Waals surface area contributed by atoms with Crippen LogP contribution in [-0.4, -0.2) is 16.4 Å². The average molecular weight is 173 g/mol. The lowest BCUT2D eigenvalue weighted by molar-refractivity contribution is 0.421. The SMILES string of the molecule is CC1(c2[nH]nc(N)c2F)CC1F. The maximum atomic E-state index is 13.1. The van der Waals surface area contributed by atoms with Gasteiger partial charge in [-0.1, -0.05) is 6.92 Å². The summed E-state index contributed by atoms with van der Waals surface area (Å²) in [4.78, 5) is 0. The van der Waals surface area contributed by atoms with Gasteiger partial charge in [-0.15, -0.1) is 0 Å². The van der Waals surface area contributed by atoms with Crippen LogP contribution in [0.25, 0.3) is 0 Å². The molecule has 3 nitrogen and oxygen atoms in total. The van der Waals surface area contributed by atoms with Crippen molar-refractivity contribution in [1.29, 1.82) is 0 Å². The number of rotatable bonds is 1. The van der Waals surface area contributed by atoms with E-state index in [9.17, 15) is 8.78 Å². The van der Waals surface area contributed by atoms with E-state index in [-0.39, 0.29) is 11.5 Å². The molecule has 66 valence electrons. The zero-order chi connectivity index (χ0) is 8.93. The van der Waals surface area contributed by atoms with Gasteiger partial charge in [-0.2, -0.15) is 5.10 Å². The average Bonchev–Trinajstić information content (AvgIpc) is 2.44. The highest BCUT2D eigenvalue weighted by atomic mass is 19.1. The predicted molar refractivity (Wildman–Crippen MR) is 39.8 cm³/mol. The molecule has 0 radical (unpaired) electrons. The highest BCUT2D eigenvalue weighted by Gasteiger charge is 2.55. The normalized spacial score (nSPS) is 33.8. The summed E-state index contributed by atoms with van der Waals surface area (Å²) in [6.45, 7) is 1.65. The number of alkyl halides is 1. The second kappa shape index (κ2) is 1.97. The summed E-state index contributed by atoms with van der Waals surface area (Å²) in [7, 11) is 0. The molecular weight excluding hydrogens is 164 g/mol. The number of hydrogen-bond donors (Lipinski definition) is 2. The van der Waals surface area contributed by atoms with Crippen molar-refractivity contribution in [1.82, 2.24) is 10.2 Å². The Bertz CT molecular complexity index is 322. The van der Waals surface area contributed by atoms with Crippen LogP contribution in [0.4, 0.5) is 14.6 Å². The largest absolute Gasteiger partial charge is 0.380 e. The number of halogens is 2. The fraction of sp³-hybridized carbons (Fsp3) is 0.571. The first-order valence-electron chi connectivity index (χ1n) is 3.69. The van der Waals surface area contributed by atoms with E-state index < -0.39 is 17.4 Å². The Morgan fingerprint density at radius 3 is 2.67 bits per heavy atom. The molecule has 12 heavy (non-hydrogen) atoms. The van der Waals surface area contributed by atoms with Crippen LogP contribution < -0.4 is 5.73 Å². The predicted octanol–water partition coefficient (Wildman–Crippen LogP) is 1.13. The van der Waals surface area contributed by atoms with Gasteiger partial charge in [0.25, 0.3) is 0 Å². The van der Waals surface area contributed by atoms with E-state index in [4.69, 9.17) is 5.73 Å². The summed E-state index contributed by atoms with van der Waals surface area (Å²) in [6, 6.07) is 0. The van der Waals surface area contributed by atoms with Crippen LogP contribution in [-0.2, 0) is 5.41 Å². The van der Waals surface area contributed by atoms with E-state index in [1.165, 1.54) is 0 Å². The van der Waals surface area contributed by atoms with E-state index in [0.717, 1.165) is 0 Å². The van der Waals surface area contributed by atoms with Crippen molar-refractivity contribution in [3.05, 3.63) is 11.5 Å². The fourth-order valence-electron chi connectivity index (χ4n) is 1.29. The van der Waals surface area contributed by atoms with Gasteiger partial charge in [0, 0.05) is 5.41 Å². The third-order valence-electron chi connectivity index (χ3n) is 2.44. The zero-order valence-electron chi connectivity index (χ0n) is 6.56. The molecule has 2 rings (SSSR count). The summed E-state index contributed by atoms with van der Waals surface area (Å²) < 4.78 is 25.9. The monoisotopic (exact) mass is 173 g/mol. The molecule has 0 saturated heterocycles. The lowest BCUT2D eigenvalue weighted by Gasteiger charge is -2.03. The molecular formula is C7H9F2N3. The van der Waals surface area contributed by atoms with Crippen LogP contribution in [0.1, 0.15) is 19.0 Å². The van der Waals surface area contributed by atoms with Crippen LogP contribution in [0.3, 0.4) is 0 Å². The molecule has 3 N–H and O–H groups in total. The number of nitrogens with two attached hydrogens (primary N) is 1. The van der Waals surface area contributed by atoms with Crippen molar-refractivity contribution in [3.8, 4) is 0 Å². The molecule has 1 saturated carbocycles. The van der Waals surface area contributed by atoms with Crippen LogP contribution in [0.5, 0.6) is 0 Å². The molecule has 5 heteroatoms. The summed E-state index contributed by atoms with van der Waals surface area (Å²) >= 11 is 0. The number of H-pyrrole nitrogens is 1. The number of anilines is 1. The molecule has 2 atom stereocenters. The highest BCUT2D eigenvalue weighted by molar-refractivity contribution is 5.39. The number of aromatic amines is 1. The number of nitrogen functional groups attached to an aromatic ring is 1. The van der Waals surface area contributed by atoms with Crippen molar-refractivity contribution >= 4 is 5.82 Å². The number of aromatic nitrogens is 2. The molecule has 0 bridgehead atoms. The second-order valence-corrected chi connectivity index (χ2v) is 3.39. The minimum Gasteiger partial charge on any atom is -0.380 e. The molecule has 1 aliphatic carbocycles. The van der Waals surface area contributed by atoms with E-state index >= 15 is 0 Å². The lowest BCUT2D eigenvalue weighted by atomic mass is 10.1. The van der Waals surface area contributed by atoms with Gasteiger partial charge >= 0.3 is 0 Å². The van der Waals surface area contributed by atoms with E-state index in [0.29, 0.717) is 6.42 Å². The minimum atomic E-state index is -0.980. The van der Waals surface area contributed by atoms with Crippen molar-refractivity contribution in [2.24, 2.45) is 0 Å². The Morgan fingerprint density at radius 1 is 1.75 bits per heavy atom. The van der Waals surface area contributed by atoms with Crippen LogP contribution in [0.2, 0.25) is 0 Å². The van der Waals surface area contributed by atoms with E-state index in [2.05, 4.69) is 10.2 Å². The third kappa shape index (κ3) is 0.761. The summed E-state index contributed by atoms with van der Waals surface area (Å²) in [5.41, 5.74) is 4.63. The molecule has 1 fully saturated rings. The van der Waals surface area contributed by atoms with Gasteiger partial charge in [0.1, 0.15) is 6.17 Å². The topological polar surface area (TPSA) is 54.7 Å². The third-order valence-corrected chi connectivity index (χ3v) is 2.44. The Hall–Kier alpha value is -1.13. The molecule has 0 amide bonds.